The lowest BCUT2D eigenvalue weighted by Gasteiger charge is -2.47. The van der Waals surface area contributed by atoms with Gasteiger partial charge in [-0.2, -0.15) is 20.5 Å². The normalized spacial score (nSPS) is 40.7. The van der Waals surface area contributed by atoms with Crippen molar-refractivity contribution in [1.29, 1.82) is 0 Å². The number of ether oxygens (including phenoxy) is 3. The minimum atomic E-state index is -0.804. The Morgan fingerprint density at radius 2 is 1.50 bits per heavy atom. The quantitative estimate of drug-likeness (QED) is 0.0289. The fourth-order valence-electron chi connectivity index (χ4n) is 9.20. The van der Waals surface area contributed by atoms with Crippen molar-refractivity contribution in [3.63, 3.8) is 0 Å². The van der Waals surface area contributed by atoms with Crippen molar-refractivity contribution in [2.45, 2.75) is 161 Å². The van der Waals surface area contributed by atoms with Crippen LogP contribution in [0.2, 0.25) is 0 Å². The fraction of sp³-hybridized carbons (Fsp3) is 0.941. The van der Waals surface area contributed by atoms with Gasteiger partial charge in [0.25, 0.3) is 0 Å². The number of aliphatic imine (C=N–C) groups is 1. The molecule has 54 heavy (non-hydrogen) atoms. The number of methoxy groups -OCH3 is 2. The number of rotatable bonds is 18. The number of carboxylic acids is 1. The third-order valence-electron chi connectivity index (χ3n) is 12.0. The van der Waals surface area contributed by atoms with Gasteiger partial charge in [-0.3, -0.25) is 9.79 Å². The minimum Gasteiger partial charge on any atom is -0.487 e. The van der Waals surface area contributed by atoms with E-state index >= 15 is 0 Å². The molecule has 308 valence electrons. The van der Waals surface area contributed by atoms with Crippen LogP contribution in [0, 0.1) is 17.8 Å². The SMILES string of the molecule is CCOC1CC(N=NC2CCC(OC)C(SOOO)C2)C(N=COC)CC1N=NC1C(SOOO)CC2CCC(NC3CCC(C(=O)O)CC3)CC2C1O. The number of hydrogen-bond donors (Lipinski definition) is 5. The van der Waals surface area contributed by atoms with Gasteiger partial charge in [-0.1, -0.05) is 10.1 Å². The van der Waals surface area contributed by atoms with Crippen molar-refractivity contribution in [2.24, 2.45) is 43.2 Å². The van der Waals surface area contributed by atoms with Gasteiger partial charge in [0.15, 0.2) is 6.40 Å². The maximum absolute atomic E-state index is 11.9. The van der Waals surface area contributed by atoms with E-state index in [1.807, 2.05) is 6.92 Å². The molecule has 0 heterocycles. The molecule has 5 aliphatic rings. The highest BCUT2D eigenvalue weighted by Gasteiger charge is 2.48. The van der Waals surface area contributed by atoms with Crippen LogP contribution in [0.1, 0.15) is 90.4 Å². The van der Waals surface area contributed by atoms with Gasteiger partial charge in [0.2, 0.25) is 0 Å². The fourth-order valence-corrected chi connectivity index (χ4v) is 10.8. The van der Waals surface area contributed by atoms with E-state index in [0.29, 0.717) is 45.1 Å². The van der Waals surface area contributed by atoms with Crippen LogP contribution >= 0.6 is 24.1 Å². The molecule has 5 saturated carbocycles. The van der Waals surface area contributed by atoms with E-state index in [-0.39, 0.29) is 76.7 Å². The second kappa shape index (κ2) is 22.4. The van der Waals surface area contributed by atoms with Gasteiger partial charge < -0.3 is 29.7 Å². The van der Waals surface area contributed by atoms with Crippen molar-refractivity contribution >= 4 is 36.5 Å². The smallest absolute Gasteiger partial charge is 0.306 e. The topological polar surface area (TPSA) is 236 Å². The van der Waals surface area contributed by atoms with Crippen LogP contribution in [-0.2, 0) is 37.7 Å². The van der Waals surface area contributed by atoms with Gasteiger partial charge in [-0.15, -0.1) is 8.67 Å². The molecule has 5 aliphatic carbocycles. The standard InChI is InChI=1S/C34H58N6O12S2/c1-4-48-29-17-26(38-37-23-11-12-28(47-3)30(15-23)53-51-49-44)25(35-18-46-2)16-27(29)39-40-32-31(54-52-50-45)13-20-7-10-22(14-24(20)33(32)41)36-21-8-5-19(6-9-21)34(42)43/h18-33,36,41,44-45H,4-17H2,1-3H3,(H,42,43). The molecule has 0 amide bonds. The van der Waals surface area contributed by atoms with Crippen LogP contribution in [0.3, 0.4) is 0 Å². The number of azo groups is 2. The summed E-state index contributed by atoms with van der Waals surface area (Å²) in [5, 5.41) is 69.3. The van der Waals surface area contributed by atoms with E-state index in [1.54, 1.807) is 7.11 Å². The van der Waals surface area contributed by atoms with Crippen LogP contribution in [0.25, 0.3) is 0 Å². The number of nitrogens with zero attached hydrogens (tertiary/aromatic N) is 5. The molecule has 13 atom stereocenters. The number of hydrogen-bond acceptors (Lipinski definition) is 19. The monoisotopic (exact) mass is 806 g/mol. The van der Waals surface area contributed by atoms with E-state index in [2.05, 4.69) is 20.4 Å². The highest BCUT2D eigenvalue weighted by atomic mass is 32.2. The Morgan fingerprint density at radius 3 is 2.19 bits per heavy atom. The van der Waals surface area contributed by atoms with Gasteiger partial charge >= 0.3 is 5.97 Å². The first-order valence-electron chi connectivity index (χ1n) is 19.2. The van der Waals surface area contributed by atoms with Gasteiger partial charge in [0, 0.05) is 56.3 Å². The summed E-state index contributed by atoms with van der Waals surface area (Å²) in [4.78, 5) is 16.1. The molecule has 0 aromatic carbocycles. The molecule has 13 unspecified atom stereocenters. The molecule has 0 saturated heterocycles. The van der Waals surface area contributed by atoms with E-state index in [4.69, 9.17) is 53.8 Å². The summed E-state index contributed by atoms with van der Waals surface area (Å²) in [7, 11) is 3.18. The number of aliphatic hydroxyl groups is 1. The van der Waals surface area contributed by atoms with Crippen LogP contribution < -0.4 is 5.32 Å². The summed E-state index contributed by atoms with van der Waals surface area (Å²) in [5.41, 5.74) is 0. The van der Waals surface area contributed by atoms with Gasteiger partial charge in [-0.25, -0.2) is 10.5 Å². The van der Waals surface area contributed by atoms with Crippen LogP contribution in [-0.4, -0.2) is 125 Å². The summed E-state index contributed by atoms with van der Waals surface area (Å²) in [6, 6.07) is -1.19. The maximum Gasteiger partial charge on any atom is 0.306 e. The number of nitrogens with one attached hydrogen (secondary N) is 1. The second-order valence-corrected chi connectivity index (χ2v) is 17.0. The molecule has 0 bridgehead atoms. The minimum absolute atomic E-state index is 0.0139. The molecule has 5 fully saturated rings. The van der Waals surface area contributed by atoms with E-state index in [1.165, 1.54) is 13.5 Å². The second-order valence-electron chi connectivity index (χ2n) is 15.1. The highest BCUT2D eigenvalue weighted by molar-refractivity contribution is 7.95. The molecular weight excluding hydrogens is 749 g/mol. The number of fused-ring (bicyclic) bond motifs is 1. The molecule has 0 aromatic heterocycles. The predicted octanol–water partition coefficient (Wildman–Crippen LogP) is 5.46. The summed E-state index contributed by atoms with van der Waals surface area (Å²) >= 11 is 1.95. The zero-order valence-electron chi connectivity index (χ0n) is 31.2. The number of carbonyl (C=O) groups is 1. The Labute approximate surface area is 325 Å². The summed E-state index contributed by atoms with van der Waals surface area (Å²) in [6.45, 7) is 2.39. The van der Waals surface area contributed by atoms with Crippen molar-refractivity contribution in [3.8, 4) is 0 Å². The summed E-state index contributed by atoms with van der Waals surface area (Å²) < 4.78 is 26.6. The molecule has 0 spiro atoms. The van der Waals surface area contributed by atoms with E-state index in [9.17, 15) is 15.0 Å². The number of aliphatic hydroxyl groups excluding tert-OH is 1. The van der Waals surface area contributed by atoms with Crippen LogP contribution in [0.15, 0.2) is 25.4 Å². The Bertz CT molecular complexity index is 1220. The van der Waals surface area contributed by atoms with Crippen molar-refractivity contribution < 1.29 is 58.5 Å². The molecule has 5 rings (SSSR count). The molecular formula is C34H58N6O12S2. The zero-order chi connectivity index (χ0) is 38.5. The average Bonchev–Trinajstić information content (AvgIpc) is 3.18. The average molecular weight is 807 g/mol. The molecule has 5 N–H and O–H groups in total. The first-order valence-corrected chi connectivity index (χ1v) is 20.8. The van der Waals surface area contributed by atoms with E-state index < -0.39 is 18.1 Å². The Balaban J connectivity index is 1.26. The molecule has 18 nitrogen and oxygen atoms in total. The molecule has 0 radical (unpaired) electrons. The third-order valence-corrected chi connectivity index (χ3v) is 13.7. The lowest BCUT2D eigenvalue weighted by atomic mass is 9.66. The Hall–Kier alpha value is -1.56. The lowest BCUT2D eigenvalue weighted by molar-refractivity contribution is -0.432. The van der Waals surface area contributed by atoms with Crippen LogP contribution in [0.5, 0.6) is 0 Å². The molecule has 0 aliphatic heterocycles. The first-order chi connectivity index (χ1) is 26.3. The Morgan fingerprint density at radius 1 is 0.778 bits per heavy atom. The van der Waals surface area contributed by atoms with Gasteiger partial charge in [0.1, 0.15) is 6.04 Å². The predicted molar refractivity (Wildman–Crippen MR) is 198 cm³/mol. The molecule has 20 heteroatoms. The maximum atomic E-state index is 11.9. The van der Waals surface area contributed by atoms with Crippen molar-refractivity contribution in [1.82, 2.24) is 5.32 Å². The van der Waals surface area contributed by atoms with Gasteiger partial charge in [-0.05, 0) is 95.8 Å². The Kier molecular flexibility index (Phi) is 18.1. The van der Waals surface area contributed by atoms with Crippen molar-refractivity contribution in [3.05, 3.63) is 0 Å². The van der Waals surface area contributed by atoms with Gasteiger partial charge in [0.05, 0.1) is 66.0 Å². The number of aliphatic carboxylic acids is 1. The zero-order valence-corrected chi connectivity index (χ0v) is 32.9. The molecule has 0 aromatic rings. The lowest BCUT2D eigenvalue weighted by Crippen LogP contribution is -2.54. The van der Waals surface area contributed by atoms with Crippen LogP contribution in [0.4, 0.5) is 0 Å². The largest absolute Gasteiger partial charge is 0.487 e. The highest BCUT2D eigenvalue weighted by Crippen LogP contribution is 2.46. The summed E-state index contributed by atoms with van der Waals surface area (Å²) in [5.74, 6) is -0.743. The van der Waals surface area contributed by atoms with E-state index in [0.717, 1.165) is 69.0 Å². The van der Waals surface area contributed by atoms with Crippen molar-refractivity contribution in [2.75, 3.05) is 20.8 Å². The third kappa shape index (κ3) is 12.0. The number of carboxylic acid groups (broad SMARTS) is 1. The first kappa shape index (κ1) is 43.6. The summed E-state index contributed by atoms with van der Waals surface area (Å²) in [6.07, 6.45) is 9.76.